The number of hydrogen-bond acceptors (Lipinski definition) is 6. The van der Waals surface area contributed by atoms with Crippen LogP contribution in [0, 0.1) is 20.8 Å². The molecule has 1 aliphatic rings. The summed E-state index contributed by atoms with van der Waals surface area (Å²) in [6.07, 6.45) is 2.97. The second-order valence-electron chi connectivity index (χ2n) is 6.71. The van der Waals surface area contributed by atoms with Crippen LogP contribution >= 0.6 is 0 Å². The van der Waals surface area contributed by atoms with E-state index in [9.17, 15) is 4.79 Å². The number of fused-ring (bicyclic) bond motifs is 1. The normalized spacial score (nSPS) is 12.0. The molecule has 0 spiro atoms. The maximum absolute atomic E-state index is 12.5. The van der Waals surface area contributed by atoms with E-state index in [4.69, 9.17) is 9.47 Å². The van der Waals surface area contributed by atoms with Gasteiger partial charge in [0.2, 0.25) is 6.79 Å². The Morgan fingerprint density at radius 3 is 2.43 bits per heavy atom. The van der Waals surface area contributed by atoms with Gasteiger partial charge in [-0.3, -0.25) is 4.79 Å². The number of benzene rings is 2. The van der Waals surface area contributed by atoms with E-state index >= 15 is 0 Å². The number of ether oxygens (including phenoxy) is 2. The fourth-order valence-corrected chi connectivity index (χ4v) is 3.19. The largest absolute Gasteiger partial charge is 0.454 e. The third-order valence-electron chi connectivity index (χ3n) is 4.45. The zero-order valence-electron chi connectivity index (χ0n) is 15.9. The fraction of sp³-hybridized carbons (Fsp3) is 0.190. The average molecular weight is 376 g/mol. The zero-order chi connectivity index (χ0) is 19.7. The molecule has 0 bridgehead atoms. The molecule has 1 aliphatic heterocycles. The summed E-state index contributed by atoms with van der Waals surface area (Å²) in [5.41, 5.74) is 5.03. The summed E-state index contributed by atoms with van der Waals surface area (Å²) >= 11 is 0. The highest BCUT2D eigenvalue weighted by molar-refractivity contribution is 6.03. The highest BCUT2D eigenvalue weighted by atomic mass is 16.7. The molecular weight excluding hydrogens is 356 g/mol. The van der Waals surface area contributed by atoms with E-state index in [2.05, 4.69) is 20.6 Å². The van der Waals surface area contributed by atoms with E-state index in [1.807, 2.05) is 51.1 Å². The lowest BCUT2D eigenvalue weighted by Crippen LogP contribution is -2.16. The molecule has 2 N–H and O–H groups in total. The summed E-state index contributed by atoms with van der Waals surface area (Å²) in [6.45, 7) is 6.20. The molecule has 1 aromatic heterocycles. The van der Waals surface area contributed by atoms with Gasteiger partial charge in [-0.1, -0.05) is 17.7 Å². The quantitative estimate of drug-likeness (QED) is 0.712. The van der Waals surface area contributed by atoms with Crippen LogP contribution in [0.15, 0.2) is 42.7 Å². The molecule has 0 saturated heterocycles. The Bertz CT molecular complexity index is 1030. The molecule has 0 fully saturated rings. The van der Waals surface area contributed by atoms with Crippen LogP contribution in [0.5, 0.6) is 11.5 Å². The number of nitrogens with one attached hydrogen (secondary N) is 2. The average Bonchev–Trinajstić information content (AvgIpc) is 3.13. The van der Waals surface area contributed by atoms with Gasteiger partial charge in [0.1, 0.15) is 11.5 Å². The van der Waals surface area contributed by atoms with E-state index in [-0.39, 0.29) is 18.4 Å². The number of aryl methyl sites for hydroxylation is 3. The van der Waals surface area contributed by atoms with Crippen LogP contribution in [0.2, 0.25) is 0 Å². The highest BCUT2D eigenvalue weighted by Crippen LogP contribution is 2.34. The number of anilines is 3. The third-order valence-corrected chi connectivity index (χ3v) is 4.45. The molecular formula is C21H20N4O3. The summed E-state index contributed by atoms with van der Waals surface area (Å²) in [4.78, 5) is 21.0. The SMILES string of the molecule is Cc1cc(C)c(NC(=O)c2cnc(Nc3ccc4c(c3)OCO4)cn2)c(C)c1. The van der Waals surface area contributed by atoms with E-state index < -0.39 is 0 Å². The molecule has 3 aromatic rings. The lowest BCUT2D eigenvalue weighted by atomic mass is 10.1. The van der Waals surface area contributed by atoms with E-state index in [0.29, 0.717) is 17.3 Å². The molecule has 2 aromatic carbocycles. The number of carbonyl (C=O) groups is 1. The standard InChI is InChI=1S/C21H20N4O3/c1-12-6-13(2)20(14(3)7-12)25-21(26)16-9-23-19(10-22-16)24-15-4-5-17-18(8-15)28-11-27-17/h4-10H,11H2,1-3H3,(H,23,24)(H,25,26). The van der Waals surface area contributed by atoms with Gasteiger partial charge in [-0.05, 0) is 44.0 Å². The minimum atomic E-state index is -0.294. The van der Waals surface area contributed by atoms with Crippen molar-refractivity contribution in [3.8, 4) is 11.5 Å². The predicted molar refractivity (Wildman–Crippen MR) is 106 cm³/mol. The molecule has 2 heterocycles. The summed E-state index contributed by atoms with van der Waals surface area (Å²) < 4.78 is 10.7. The Labute approximate surface area is 162 Å². The first-order valence-electron chi connectivity index (χ1n) is 8.87. The Kier molecular flexibility index (Phi) is 4.57. The van der Waals surface area contributed by atoms with Crippen LogP contribution in [-0.2, 0) is 0 Å². The second-order valence-corrected chi connectivity index (χ2v) is 6.71. The van der Waals surface area contributed by atoms with E-state index in [1.54, 1.807) is 0 Å². The summed E-state index contributed by atoms with van der Waals surface area (Å²) in [5, 5.41) is 6.06. The van der Waals surface area contributed by atoms with Crippen molar-refractivity contribution in [2.75, 3.05) is 17.4 Å². The number of carbonyl (C=O) groups excluding carboxylic acids is 1. The molecule has 4 rings (SSSR count). The lowest BCUT2D eigenvalue weighted by molar-refractivity contribution is 0.102. The van der Waals surface area contributed by atoms with Crippen molar-refractivity contribution in [1.29, 1.82) is 0 Å². The van der Waals surface area contributed by atoms with Crippen molar-refractivity contribution >= 4 is 23.1 Å². The summed E-state index contributed by atoms with van der Waals surface area (Å²) in [6, 6.07) is 9.58. The lowest BCUT2D eigenvalue weighted by Gasteiger charge is -2.12. The first kappa shape index (κ1) is 17.8. The molecule has 142 valence electrons. The van der Waals surface area contributed by atoms with Crippen molar-refractivity contribution < 1.29 is 14.3 Å². The first-order chi connectivity index (χ1) is 13.5. The van der Waals surface area contributed by atoms with Gasteiger partial charge in [-0.25, -0.2) is 9.97 Å². The van der Waals surface area contributed by atoms with Gasteiger partial charge in [-0.2, -0.15) is 0 Å². The summed E-state index contributed by atoms with van der Waals surface area (Å²) in [5.74, 6) is 1.62. The molecule has 1 amide bonds. The van der Waals surface area contributed by atoms with Crippen molar-refractivity contribution in [2.45, 2.75) is 20.8 Å². The zero-order valence-corrected chi connectivity index (χ0v) is 15.9. The minimum absolute atomic E-state index is 0.225. The smallest absolute Gasteiger partial charge is 0.275 e. The van der Waals surface area contributed by atoms with Gasteiger partial charge >= 0.3 is 0 Å². The van der Waals surface area contributed by atoms with Gasteiger partial charge in [0.25, 0.3) is 5.91 Å². The number of amides is 1. The molecule has 0 aliphatic carbocycles. The van der Waals surface area contributed by atoms with Crippen LogP contribution in [0.1, 0.15) is 27.2 Å². The van der Waals surface area contributed by atoms with Gasteiger partial charge in [0.05, 0.1) is 12.4 Å². The predicted octanol–water partition coefficient (Wildman–Crippen LogP) is 4.13. The Morgan fingerprint density at radius 1 is 0.964 bits per heavy atom. The van der Waals surface area contributed by atoms with Crippen molar-refractivity contribution in [3.63, 3.8) is 0 Å². The number of aromatic nitrogens is 2. The maximum Gasteiger partial charge on any atom is 0.275 e. The molecule has 0 atom stereocenters. The Balaban J connectivity index is 1.46. The van der Waals surface area contributed by atoms with Gasteiger partial charge in [-0.15, -0.1) is 0 Å². The number of rotatable bonds is 4. The monoisotopic (exact) mass is 376 g/mol. The molecule has 0 saturated carbocycles. The fourth-order valence-electron chi connectivity index (χ4n) is 3.19. The topological polar surface area (TPSA) is 85.4 Å². The van der Waals surface area contributed by atoms with Crippen molar-refractivity contribution in [3.05, 3.63) is 65.1 Å². The van der Waals surface area contributed by atoms with Crippen molar-refractivity contribution in [2.24, 2.45) is 0 Å². The number of nitrogens with zero attached hydrogens (tertiary/aromatic N) is 2. The van der Waals surface area contributed by atoms with Gasteiger partial charge in [0, 0.05) is 17.4 Å². The molecule has 7 heteroatoms. The number of hydrogen-bond donors (Lipinski definition) is 2. The van der Waals surface area contributed by atoms with E-state index in [1.165, 1.54) is 12.4 Å². The van der Waals surface area contributed by atoms with Crippen molar-refractivity contribution in [1.82, 2.24) is 9.97 Å². The van der Waals surface area contributed by atoms with Crippen LogP contribution < -0.4 is 20.1 Å². The Hall–Kier alpha value is -3.61. The van der Waals surface area contributed by atoms with Crippen LogP contribution in [0.25, 0.3) is 0 Å². The van der Waals surface area contributed by atoms with Gasteiger partial charge < -0.3 is 20.1 Å². The second kappa shape index (κ2) is 7.19. The molecule has 28 heavy (non-hydrogen) atoms. The maximum atomic E-state index is 12.5. The third kappa shape index (κ3) is 3.59. The van der Waals surface area contributed by atoms with Crippen LogP contribution in [0.3, 0.4) is 0 Å². The Morgan fingerprint density at radius 2 is 1.71 bits per heavy atom. The first-order valence-corrected chi connectivity index (χ1v) is 8.87. The van der Waals surface area contributed by atoms with Gasteiger partial charge in [0.15, 0.2) is 11.5 Å². The van der Waals surface area contributed by atoms with Crippen LogP contribution in [0.4, 0.5) is 17.2 Å². The van der Waals surface area contributed by atoms with Crippen LogP contribution in [-0.4, -0.2) is 22.7 Å². The summed E-state index contributed by atoms with van der Waals surface area (Å²) in [7, 11) is 0. The minimum Gasteiger partial charge on any atom is -0.454 e. The molecule has 7 nitrogen and oxygen atoms in total. The molecule has 0 radical (unpaired) electrons. The molecule has 0 unspecified atom stereocenters. The van der Waals surface area contributed by atoms with E-state index in [0.717, 1.165) is 28.1 Å². The highest BCUT2D eigenvalue weighted by Gasteiger charge is 2.14.